The Labute approximate surface area is 144 Å². The zero-order valence-electron chi connectivity index (χ0n) is 15.7. The Morgan fingerprint density at radius 3 is 1.86 bits per heavy atom. The van der Waals surface area contributed by atoms with Crippen LogP contribution >= 0.6 is 12.6 Å². The molecule has 0 rings (SSSR count). The molecule has 0 spiro atoms. The molecule has 0 saturated heterocycles. The average Bonchev–Trinajstić information content (AvgIpc) is 2.33. The molecule has 0 fully saturated rings. The summed E-state index contributed by atoms with van der Waals surface area (Å²) in [6, 6.07) is 0. The monoisotopic (exact) mass is 333 g/mol. The molecule has 0 aromatic rings. The summed E-state index contributed by atoms with van der Waals surface area (Å²) in [5, 5.41) is 3.36. The fourth-order valence-electron chi connectivity index (χ4n) is 2.77. The molecule has 4 heteroatoms. The third kappa shape index (κ3) is 16.6. The quantitative estimate of drug-likeness (QED) is 0.372. The molecule has 0 aromatic heterocycles. The van der Waals surface area contributed by atoms with Crippen molar-refractivity contribution >= 4 is 12.6 Å². The van der Waals surface area contributed by atoms with Crippen LogP contribution in [0.15, 0.2) is 0 Å². The van der Waals surface area contributed by atoms with E-state index < -0.39 is 0 Å². The highest BCUT2D eigenvalue weighted by molar-refractivity contribution is 7.81. The second-order valence-corrected chi connectivity index (χ2v) is 8.97. The van der Waals surface area contributed by atoms with Crippen LogP contribution in [-0.2, 0) is 9.47 Å². The fraction of sp³-hybridized carbons (Fsp3) is 1.00. The number of nitrogens with one attached hydrogen (secondary N) is 1. The van der Waals surface area contributed by atoms with Gasteiger partial charge in [-0.15, -0.1) is 0 Å². The molecule has 0 bridgehead atoms. The van der Waals surface area contributed by atoms with E-state index in [9.17, 15) is 0 Å². The summed E-state index contributed by atoms with van der Waals surface area (Å²) in [5.41, 5.74) is 0. The molecule has 2 atom stereocenters. The third-order valence-electron chi connectivity index (χ3n) is 3.37. The molecule has 0 aliphatic heterocycles. The predicted molar refractivity (Wildman–Crippen MR) is 100.0 cm³/mol. The number of thiol groups is 1. The molecule has 0 amide bonds. The van der Waals surface area contributed by atoms with E-state index in [0.29, 0.717) is 11.8 Å². The normalized spacial score (nSPS) is 15.3. The Morgan fingerprint density at radius 1 is 0.909 bits per heavy atom. The first-order valence-corrected chi connectivity index (χ1v) is 9.24. The van der Waals surface area contributed by atoms with Crippen molar-refractivity contribution in [2.24, 2.45) is 17.8 Å². The highest BCUT2D eigenvalue weighted by atomic mass is 32.1. The van der Waals surface area contributed by atoms with Crippen LogP contribution in [0.1, 0.15) is 54.4 Å². The minimum Gasteiger partial charge on any atom is -0.380 e. The van der Waals surface area contributed by atoms with E-state index in [4.69, 9.17) is 9.47 Å². The minimum absolute atomic E-state index is 0.0884. The Bertz CT molecular complexity index is 254. The highest BCUT2D eigenvalue weighted by Gasteiger charge is 2.16. The Hall–Kier alpha value is 0.230. The molecule has 2 unspecified atom stereocenters. The second kappa shape index (κ2) is 12.6. The van der Waals surface area contributed by atoms with Crippen LogP contribution in [0.2, 0.25) is 0 Å². The smallest absolute Gasteiger partial charge is 0.0591 e. The van der Waals surface area contributed by atoms with E-state index in [1.165, 1.54) is 6.42 Å². The van der Waals surface area contributed by atoms with Gasteiger partial charge in [-0.3, -0.25) is 0 Å². The van der Waals surface area contributed by atoms with Crippen LogP contribution in [0, 0.1) is 17.8 Å². The maximum Gasteiger partial charge on any atom is 0.0591 e. The Kier molecular flexibility index (Phi) is 12.8. The fourth-order valence-corrected chi connectivity index (χ4v) is 3.08. The van der Waals surface area contributed by atoms with Gasteiger partial charge in [-0.25, -0.2) is 0 Å². The Balaban J connectivity index is 3.30. The highest BCUT2D eigenvalue weighted by Crippen LogP contribution is 2.22. The van der Waals surface area contributed by atoms with Crippen LogP contribution < -0.4 is 5.32 Å². The number of ether oxygens (including phenoxy) is 2. The molecule has 0 saturated carbocycles. The van der Waals surface area contributed by atoms with E-state index in [0.717, 1.165) is 51.9 Å². The first-order valence-electron chi connectivity index (χ1n) is 8.79. The summed E-state index contributed by atoms with van der Waals surface area (Å²) in [6.07, 6.45) is 2.31. The standard InChI is InChI=1S/C18H39NO2S/c1-15(2)11-16(3)13-20-9-7-19-8-10-21-14-17(4)12-18(5,6)22/h15-17,19,22H,7-14H2,1-6H3. The van der Waals surface area contributed by atoms with Crippen molar-refractivity contribution in [1.82, 2.24) is 5.32 Å². The van der Waals surface area contributed by atoms with Crippen molar-refractivity contribution in [1.29, 1.82) is 0 Å². The lowest BCUT2D eigenvalue weighted by Gasteiger charge is -2.22. The molecule has 0 heterocycles. The maximum atomic E-state index is 5.69. The van der Waals surface area contributed by atoms with Crippen LogP contribution in [0.3, 0.4) is 0 Å². The van der Waals surface area contributed by atoms with Crippen LogP contribution in [-0.4, -0.2) is 44.3 Å². The van der Waals surface area contributed by atoms with Gasteiger partial charge in [0.15, 0.2) is 0 Å². The van der Waals surface area contributed by atoms with Crippen LogP contribution in [0.5, 0.6) is 0 Å². The van der Waals surface area contributed by atoms with Gasteiger partial charge in [-0.2, -0.15) is 12.6 Å². The van der Waals surface area contributed by atoms with E-state index in [2.05, 4.69) is 59.5 Å². The van der Waals surface area contributed by atoms with E-state index in [1.54, 1.807) is 0 Å². The number of hydrogen-bond donors (Lipinski definition) is 2. The van der Waals surface area contributed by atoms with Gasteiger partial charge in [0.1, 0.15) is 0 Å². The number of rotatable bonds is 14. The summed E-state index contributed by atoms with van der Waals surface area (Å²) in [7, 11) is 0. The van der Waals surface area contributed by atoms with Crippen molar-refractivity contribution in [3.63, 3.8) is 0 Å². The predicted octanol–water partition coefficient (Wildman–Crippen LogP) is 4.03. The molecular weight excluding hydrogens is 294 g/mol. The van der Waals surface area contributed by atoms with Gasteiger partial charge < -0.3 is 14.8 Å². The summed E-state index contributed by atoms with van der Waals surface area (Å²) in [6.45, 7) is 18.3. The zero-order valence-corrected chi connectivity index (χ0v) is 16.5. The first-order chi connectivity index (χ1) is 10.2. The lowest BCUT2D eigenvalue weighted by molar-refractivity contribution is 0.0884. The largest absolute Gasteiger partial charge is 0.380 e. The van der Waals surface area contributed by atoms with Crippen molar-refractivity contribution in [2.45, 2.75) is 59.1 Å². The molecule has 1 N–H and O–H groups in total. The lowest BCUT2D eigenvalue weighted by atomic mass is 9.99. The van der Waals surface area contributed by atoms with Crippen molar-refractivity contribution in [3.8, 4) is 0 Å². The third-order valence-corrected chi connectivity index (χ3v) is 3.56. The molecule has 3 nitrogen and oxygen atoms in total. The van der Waals surface area contributed by atoms with Gasteiger partial charge >= 0.3 is 0 Å². The van der Waals surface area contributed by atoms with Gasteiger partial charge in [-0.1, -0.05) is 41.5 Å². The van der Waals surface area contributed by atoms with Gasteiger partial charge in [0, 0.05) is 31.1 Å². The van der Waals surface area contributed by atoms with Gasteiger partial charge in [-0.05, 0) is 30.6 Å². The maximum absolute atomic E-state index is 5.69. The van der Waals surface area contributed by atoms with Gasteiger partial charge in [0.05, 0.1) is 13.2 Å². The summed E-state index contributed by atoms with van der Waals surface area (Å²) >= 11 is 4.56. The van der Waals surface area contributed by atoms with E-state index >= 15 is 0 Å². The van der Waals surface area contributed by atoms with Crippen molar-refractivity contribution < 1.29 is 9.47 Å². The average molecular weight is 334 g/mol. The van der Waals surface area contributed by atoms with Gasteiger partial charge in [0.25, 0.3) is 0 Å². The summed E-state index contributed by atoms with van der Waals surface area (Å²) in [4.78, 5) is 0. The molecule has 0 radical (unpaired) electrons. The Morgan fingerprint density at radius 2 is 1.41 bits per heavy atom. The van der Waals surface area contributed by atoms with Crippen LogP contribution in [0.25, 0.3) is 0 Å². The minimum atomic E-state index is 0.0884. The second-order valence-electron chi connectivity index (χ2n) is 7.76. The summed E-state index contributed by atoms with van der Waals surface area (Å²) in [5.74, 6) is 1.96. The topological polar surface area (TPSA) is 30.5 Å². The number of hydrogen-bond acceptors (Lipinski definition) is 4. The molecular formula is C18H39NO2S. The van der Waals surface area contributed by atoms with Crippen LogP contribution in [0.4, 0.5) is 0 Å². The van der Waals surface area contributed by atoms with Gasteiger partial charge in [0.2, 0.25) is 0 Å². The van der Waals surface area contributed by atoms with Crippen molar-refractivity contribution in [3.05, 3.63) is 0 Å². The molecule has 0 aliphatic carbocycles. The molecule has 0 aromatic carbocycles. The SMILES string of the molecule is CC(C)CC(C)COCCNCCOCC(C)CC(C)(C)S. The molecule has 22 heavy (non-hydrogen) atoms. The molecule has 134 valence electrons. The van der Waals surface area contributed by atoms with E-state index in [1.807, 2.05) is 0 Å². The van der Waals surface area contributed by atoms with E-state index in [-0.39, 0.29) is 4.75 Å². The first kappa shape index (κ1) is 22.2. The summed E-state index contributed by atoms with van der Waals surface area (Å²) < 4.78 is 11.5. The lowest BCUT2D eigenvalue weighted by Crippen LogP contribution is -2.26. The van der Waals surface area contributed by atoms with Crippen molar-refractivity contribution in [2.75, 3.05) is 39.5 Å². The molecule has 0 aliphatic rings. The zero-order chi connectivity index (χ0) is 17.0.